The quantitative estimate of drug-likeness (QED) is 0.140. The number of ether oxygens (including phenoxy) is 1. The first-order valence-corrected chi connectivity index (χ1v) is 15.0. The van der Waals surface area contributed by atoms with E-state index in [1.165, 1.54) is 4.90 Å². The molecule has 2 atom stereocenters. The lowest BCUT2D eigenvalue weighted by Gasteiger charge is -2.31. The summed E-state index contributed by atoms with van der Waals surface area (Å²) in [6.07, 6.45) is -1.01. The standard InChI is InChI=1S/C31H31N5O6S2/c37-25(38)17-16-24(27(39)32-26(23-14-8-3-9-15-23)28(40)33-29-34-35-30(43)44-29)36(19-18-21-10-4-1-5-11-21)31(41)42-20-22-12-6-2-7-13-22/h1-15,24,26H,16-20H2,(H,32,39)(H,35,43)(H,37,38)(H,33,34,40)/t24-,26?/m0/s1. The zero-order valence-corrected chi connectivity index (χ0v) is 25.2. The van der Waals surface area contributed by atoms with Crippen molar-refractivity contribution in [2.24, 2.45) is 0 Å². The van der Waals surface area contributed by atoms with E-state index in [9.17, 15) is 24.3 Å². The molecule has 3 amide bonds. The summed E-state index contributed by atoms with van der Waals surface area (Å²) in [4.78, 5) is 53.8. The second-order valence-corrected chi connectivity index (χ2v) is 11.3. The summed E-state index contributed by atoms with van der Waals surface area (Å²) < 4.78 is 5.95. The number of nitrogens with one attached hydrogen (secondary N) is 3. The molecule has 0 bridgehead atoms. The summed E-state index contributed by atoms with van der Waals surface area (Å²) in [5.74, 6) is -2.45. The minimum Gasteiger partial charge on any atom is -0.481 e. The van der Waals surface area contributed by atoms with Gasteiger partial charge >= 0.3 is 12.1 Å². The van der Waals surface area contributed by atoms with Gasteiger partial charge in [0.25, 0.3) is 5.91 Å². The van der Waals surface area contributed by atoms with E-state index >= 15 is 0 Å². The van der Waals surface area contributed by atoms with Crippen molar-refractivity contribution in [3.63, 3.8) is 0 Å². The molecule has 44 heavy (non-hydrogen) atoms. The number of hydrogen-bond acceptors (Lipinski definition) is 8. The average molecular weight is 634 g/mol. The highest BCUT2D eigenvalue weighted by molar-refractivity contribution is 7.73. The van der Waals surface area contributed by atoms with Crippen LogP contribution in [-0.4, -0.2) is 56.7 Å². The van der Waals surface area contributed by atoms with Gasteiger partial charge in [-0.3, -0.25) is 29.7 Å². The van der Waals surface area contributed by atoms with Gasteiger partial charge < -0.3 is 15.2 Å². The zero-order chi connectivity index (χ0) is 31.3. The van der Waals surface area contributed by atoms with E-state index in [2.05, 4.69) is 20.8 Å². The summed E-state index contributed by atoms with van der Waals surface area (Å²) in [6.45, 7) is 0.0214. The summed E-state index contributed by atoms with van der Waals surface area (Å²) in [5.41, 5.74) is 2.13. The Hall–Kier alpha value is -4.88. The van der Waals surface area contributed by atoms with Gasteiger partial charge in [-0.1, -0.05) is 102 Å². The molecule has 1 heterocycles. The van der Waals surface area contributed by atoms with Crippen molar-refractivity contribution >= 4 is 52.6 Å². The van der Waals surface area contributed by atoms with Crippen LogP contribution in [0.25, 0.3) is 0 Å². The number of H-pyrrole nitrogens is 1. The molecule has 0 aliphatic rings. The van der Waals surface area contributed by atoms with E-state index in [1.54, 1.807) is 42.5 Å². The number of benzene rings is 3. The largest absolute Gasteiger partial charge is 0.481 e. The van der Waals surface area contributed by atoms with Gasteiger partial charge in [-0.05, 0) is 41.7 Å². The first kappa shape index (κ1) is 32.0. The predicted octanol–water partition coefficient (Wildman–Crippen LogP) is 5.11. The maximum Gasteiger partial charge on any atom is 0.410 e. The fraction of sp³-hybridized carbons (Fsp3) is 0.226. The third-order valence-electron chi connectivity index (χ3n) is 6.58. The monoisotopic (exact) mass is 633 g/mol. The highest BCUT2D eigenvalue weighted by atomic mass is 32.1. The van der Waals surface area contributed by atoms with Crippen LogP contribution in [0.3, 0.4) is 0 Å². The number of amides is 3. The third-order valence-corrected chi connectivity index (χ3v) is 7.59. The number of carbonyl (C=O) groups excluding carboxylic acids is 3. The lowest BCUT2D eigenvalue weighted by molar-refractivity contribution is -0.138. The lowest BCUT2D eigenvalue weighted by atomic mass is 10.0. The first-order chi connectivity index (χ1) is 21.3. The number of anilines is 1. The van der Waals surface area contributed by atoms with Crippen molar-refractivity contribution in [1.82, 2.24) is 20.4 Å². The van der Waals surface area contributed by atoms with Gasteiger partial charge in [0.05, 0.1) is 0 Å². The third kappa shape index (κ3) is 9.57. The number of aliphatic carboxylic acids is 1. The molecule has 0 fully saturated rings. The molecule has 4 aromatic rings. The lowest BCUT2D eigenvalue weighted by Crippen LogP contribution is -2.52. The Morgan fingerprint density at radius 2 is 1.52 bits per heavy atom. The number of carboxylic acid groups (broad SMARTS) is 1. The summed E-state index contributed by atoms with van der Waals surface area (Å²) >= 11 is 6.10. The van der Waals surface area contributed by atoms with Crippen LogP contribution < -0.4 is 10.6 Å². The van der Waals surface area contributed by atoms with E-state index in [4.69, 9.17) is 17.0 Å². The highest BCUT2D eigenvalue weighted by Gasteiger charge is 2.34. The number of rotatable bonds is 14. The smallest absolute Gasteiger partial charge is 0.410 e. The molecule has 13 heteroatoms. The van der Waals surface area contributed by atoms with Gasteiger partial charge in [0.2, 0.25) is 11.0 Å². The normalized spacial score (nSPS) is 12.0. The molecule has 0 radical (unpaired) electrons. The number of carbonyl (C=O) groups is 4. The number of nitrogens with zero attached hydrogens (tertiary/aromatic N) is 2. The van der Waals surface area contributed by atoms with Crippen molar-refractivity contribution in [1.29, 1.82) is 0 Å². The topological polar surface area (TPSA) is 154 Å². The average Bonchev–Trinajstić information content (AvgIpc) is 3.45. The van der Waals surface area contributed by atoms with Crippen LogP contribution in [-0.2, 0) is 32.1 Å². The van der Waals surface area contributed by atoms with Gasteiger partial charge in [-0.2, -0.15) is 0 Å². The molecule has 228 valence electrons. The first-order valence-electron chi connectivity index (χ1n) is 13.7. The van der Waals surface area contributed by atoms with E-state index in [-0.39, 0.29) is 24.7 Å². The molecular weight excluding hydrogens is 603 g/mol. The molecule has 3 aromatic carbocycles. The van der Waals surface area contributed by atoms with E-state index in [1.807, 2.05) is 48.5 Å². The Morgan fingerprint density at radius 1 is 0.909 bits per heavy atom. The molecule has 0 spiro atoms. The minimum absolute atomic E-state index is 0.0422. The molecule has 1 aromatic heterocycles. The van der Waals surface area contributed by atoms with Gasteiger partial charge in [-0.25, -0.2) is 4.79 Å². The zero-order valence-electron chi connectivity index (χ0n) is 23.5. The fourth-order valence-corrected chi connectivity index (χ4v) is 5.20. The minimum atomic E-state index is -1.26. The molecule has 11 nitrogen and oxygen atoms in total. The van der Waals surface area contributed by atoms with Crippen LogP contribution in [0.15, 0.2) is 91.0 Å². The molecular formula is C31H31N5O6S2. The Bertz CT molecular complexity index is 1600. The van der Waals surface area contributed by atoms with Crippen LogP contribution in [0.2, 0.25) is 0 Å². The van der Waals surface area contributed by atoms with E-state index in [0.29, 0.717) is 15.9 Å². The molecule has 4 rings (SSSR count). The van der Waals surface area contributed by atoms with Crippen LogP contribution in [0, 0.1) is 3.95 Å². The highest BCUT2D eigenvalue weighted by Crippen LogP contribution is 2.20. The van der Waals surface area contributed by atoms with Crippen LogP contribution in [0.5, 0.6) is 0 Å². The van der Waals surface area contributed by atoms with Gasteiger partial charge in [0, 0.05) is 13.0 Å². The van der Waals surface area contributed by atoms with Crippen LogP contribution >= 0.6 is 23.6 Å². The molecule has 4 N–H and O–H groups in total. The van der Waals surface area contributed by atoms with Crippen molar-refractivity contribution in [2.45, 2.75) is 38.0 Å². The van der Waals surface area contributed by atoms with Crippen molar-refractivity contribution in [3.8, 4) is 0 Å². The van der Waals surface area contributed by atoms with Crippen LogP contribution in [0.1, 0.15) is 35.6 Å². The number of aromatic nitrogens is 2. The second-order valence-electron chi connectivity index (χ2n) is 9.68. The molecule has 0 aliphatic carbocycles. The summed E-state index contributed by atoms with van der Waals surface area (Å²) in [5, 5.41) is 21.6. The van der Waals surface area contributed by atoms with Crippen molar-refractivity contribution in [2.75, 3.05) is 11.9 Å². The predicted molar refractivity (Wildman–Crippen MR) is 167 cm³/mol. The van der Waals surface area contributed by atoms with Gasteiger partial charge in [0.1, 0.15) is 18.7 Å². The Balaban J connectivity index is 1.61. The second kappa shape index (κ2) is 16.1. The fourth-order valence-electron chi connectivity index (χ4n) is 4.40. The van der Waals surface area contributed by atoms with Crippen molar-refractivity contribution in [3.05, 3.63) is 112 Å². The SMILES string of the molecule is O=C(O)CC[C@@H](C(=O)NC(C(=O)Nc1n[nH]c(=S)s1)c1ccccc1)N(CCc1ccccc1)C(=O)OCc1ccccc1. The molecule has 1 unspecified atom stereocenters. The number of hydrogen-bond donors (Lipinski definition) is 4. The molecule has 0 saturated heterocycles. The Kier molecular flexibility index (Phi) is 11.7. The van der Waals surface area contributed by atoms with E-state index < -0.39 is 42.4 Å². The van der Waals surface area contributed by atoms with E-state index in [0.717, 1.165) is 22.5 Å². The summed E-state index contributed by atoms with van der Waals surface area (Å²) in [6, 6.07) is 24.5. The Labute approximate surface area is 262 Å². The maximum atomic E-state index is 14.0. The molecule has 0 saturated carbocycles. The maximum absolute atomic E-state index is 14.0. The van der Waals surface area contributed by atoms with Crippen molar-refractivity contribution < 1.29 is 29.0 Å². The summed E-state index contributed by atoms with van der Waals surface area (Å²) in [7, 11) is 0. The molecule has 0 aliphatic heterocycles. The van der Waals surface area contributed by atoms with Gasteiger partial charge in [-0.15, -0.1) is 5.10 Å². The number of aromatic amines is 1. The van der Waals surface area contributed by atoms with Gasteiger partial charge in [0.15, 0.2) is 3.95 Å². The van der Waals surface area contributed by atoms with Crippen LogP contribution in [0.4, 0.5) is 9.93 Å². The Morgan fingerprint density at radius 3 is 2.11 bits per heavy atom. The number of carboxylic acids is 1.